The van der Waals surface area contributed by atoms with Crippen molar-refractivity contribution in [3.05, 3.63) is 23.0 Å². The van der Waals surface area contributed by atoms with Crippen LogP contribution in [0.15, 0.2) is 17.4 Å². The van der Waals surface area contributed by atoms with Crippen LogP contribution < -0.4 is 5.56 Å². The highest BCUT2D eigenvalue weighted by molar-refractivity contribution is 7.46. The van der Waals surface area contributed by atoms with Gasteiger partial charge in [0.1, 0.15) is 18.3 Å². The predicted molar refractivity (Wildman–Crippen MR) is 72.1 cm³/mol. The van der Waals surface area contributed by atoms with Gasteiger partial charge in [0.25, 0.3) is 5.56 Å². The number of nitrogens with zero attached hydrogens (tertiary/aromatic N) is 3. The van der Waals surface area contributed by atoms with Crippen LogP contribution in [0.4, 0.5) is 0 Å². The van der Waals surface area contributed by atoms with Crippen LogP contribution in [0.5, 0.6) is 0 Å². The van der Waals surface area contributed by atoms with Gasteiger partial charge in [-0.3, -0.25) is 13.9 Å². The molecule has 23 heavy (non-hydrogen) atoms. The van der Waals surface area contributed by atoms with E-state index in [1.807, 2.05) is 0 Å². The molecule has 1 aliphatic heterocycles. The largest absolute Gasteiger partial charge is 0.469 e. The monoisotopic (exact) mass is 348 g/mol. The molecule has 2 aromatic rings. The van der Waals surface area contributed by atoms with Crippen molar-refractivity contribution < 1.29 is 33.8 Å². The number of H-pyrrole nitrogens is 1. The smallest absolute Gasteiger partial charge is 0.387 e. The Labute approximate surface area is 127 Å². The summed E-state index contributed by atoms with van der Waals surface area (Å²) in [6, 6.07) is 0. The average Bonchev–Trinajstić information content (AvgIpc) is 3.01. The number of rotatable bonds is 4. The van der Waals surface area contributed by atoms with Crippen LogP contribution in [0.2, 0.25) is 0 Å². The van der Waals surface area contributed by atoms with Crippen LogP contribution in [0.3, 0.4) is 0 Å². The Morgan fingerprint density at radius 1 is 1.35 bits per heavy atom. The highest BCUT2D eigenvalue weighted by atomic mass is 31.2. The molecular weight excluding hydrogens is 335 g/mol. The van der Waals surface area contributed by atoms with Gasteiger partial charge in [-0.2, -0.15) is 0 Å². The second-order valence-corrected chi connectivity index (χ2v) is 6.13. The molecule has 3 rings (SSSR count). The number of nitrogens with one attached hydrogen (secondary N) is 1. The van der Waals surface area contributed by atoms with E-state index in [2.05, 4.69) is 19.5 Å². The zero-order valence-corrected chi connectivity index (χ0v) is 12.3. The summed E-state index contributed by atoms with van der Waals surface area (Å²) < 4.78 is 21.6. The lowest BCUT2D eigenvalue weighted by atomic mass is 10.1. The number of hydrogen-bond donors (Lipinski definition) is 5. The van der Waals surface area contributed by atoms with E-state index in [1.165, 1.54) is 10.9 Å². The summed E-state index contributed by atoms with van der Waals surface area (Å²) in [7, 11) is -4.74. The number of aromatic nitrogens is 4. The lowest BCUT2D eigenvalue weighted by Crippen LogP contribution is -2.33. The minimum absolute atomic E-state index is 0.0210. The summed E-state index contributed by atoms with van der Waals surface area (Å²) in [6.45, 7) is -0.625. The summed E-state index contributed by atoms with van der Waals surface area (Å²) in [5.74, 6) is 0. The standard InChI is InChI=1S/C10H13N4O8P/c15-6-4(1-21-23(18,19)20)22-10(7(6)16)14-3-13-5-8(14)11-2-12-9(5)17/h2-4,6-7,10,15-16H,1H2,(H,11,12,17)(H2,18,19,20)/t4-,6+,7+,10-/m0/s1. The van der Waals surface area contributed by atoms with Gasteiger partial charge in [-0.05, 0) is 0 Å². The number of aliphatic hydroxyl groups is 2. The summed E-state index contributed by atoms with van der Waals surface area (Å²) in [4.78, 5) is 39.1. The molecule has 0 spiro atoms. The highest BCUT2D eigenvalue weighted by Crippen LogP contribution is 2.38. The second kappa shape index (κ2) is 5.76. The maximum absolute atomic E-state index is 11.6. The number of ether oxygens (including phenoxy) is 1. The number of fused-ring (bicyclic) bond motifs is 1. The lowest BCUT2D eigenvalue weighted by molar-refractivity contribution is -0.0504. The van der Waals surface area contributed by atoms with Crippen LogP contribution in [0.25, 0.3) is 11.2 Å². The Morgan fingerprint density at radius 3 is 2.78 bits per heavy atom. The van der Waals surface area contributed by atoms with E-state index in [4.69, 9.17) is 14.5 Å². The van der Waals surface area contributed by atoms with Crippen molar-refractivity contribution in [2.75, 3.05) is 6.61 Å². The third kappa shape index (κ3) is 3.05. The predicted octanol–water partition coefficient (Wildman–Crippen LogP) is -2.15. The first-order valence-corrected chi connectivity index (χ1v) is 7.93. The van der Waals surface area contributed by atoms with Crippen molar-refractivity contribution in [2.45, 2.75) is 24.5 Å². The van der Waals surface area contributed by atoms with Crippen molar-refractivity contribution in [1.29, 1.82) is 0 Å². The van der Waals surface area contributed by atoms with Crippen molar-refractivity contribution >= 4 is 19.0 Å². The van der Waals surface area contributed by atoms with Gasteiger partial charge in [0.05, 0.1) is 19.3 Å². The maximum Gasteiger partial charge on any atom is 0.469 e. The molecule has 0 aliphatic carbocycles. The van der Waals surface area contributed by atoms with Gasteiger partial charge in [0, 0.05) is 0 Å². The van der Waals surface area contributed by atoms with E-state index >= 15 is 0 Å². The first-order chi connectivity index (χ1) is 10.8. The number of phosphoric ester groups is 1. The number of imidazole rings is 1. The average molecular weight is 348 g/mol. The van der Waals surface area contributed by atoms with Crippen LogP contribution in [0.1, 0.15) is 6.23 Å². The molecule has 0 bridgehead atoms. The molecule has 5 N–H and O–H groups in total. The topological polar surface area (TPSA) is 180 Å². The van der Waals surface area contributed by atoms with Gasteiger partial charge in [0.15, 0.2) is 17.4 Å². The number of aliphatic hydroxyl groups excluding tert-OH is 2. The molecular formula is C10H13N4O8P. The maximum atomic E-state index is 11.6. The molecule has 0 saturated carbocycles. The molecule has 1 saturated heterocycles. The Kier molecular flexibility index (Phi) is 4.06. The molecule has 4 atom stereocenters. The number of hydrogen-bond acceptors (Lipinski definition) is 8. The van der Waals surface area contributed by atoms with Gasteiger partial charge in [-0.1, -0.05) is 0 Å². The molecule has 0 amide bonds. The molecule has 13 heteroatoms. The second-order valence-electron chi connectivity index (χ2n) is 4.89. The molecule has 3 heterocycles. The molecule has 0 radical (unpaired) electrons. The number of aromatic amines is 1. The SMILES string of the molecule is O=c1[nH]cnc2c1ncn2[C@H]1O[C@@H](COP(=O)(O)O)[C@@H](O)[C@H]1O. The van der Waals surface area contributed by atoms with Crippen LogP contribution in [-0.2, 0) is 13.8 Å². The fraction of sp³-hybridized carbons (Fsp3) is 0.500. The summed E-state index contributed by atoms with van der Waals surface area (Å²) in [5, 5.41) is 20.0. The zero-order chi connectivity index (χ0) is 16.8. The quantitative estimate of drug-likeness (QED) is 0.382. The van der Waals surface area contributed by atoms with E-state index in [1.54, 1.807) is 0 Å². The Bertz CT molecular complexity index is 815. The fourth-order valence-electron chi connectivity index (χ4n) is 2.32. The fourth-order valence-corrected chi connectivity index (χ4v) is 2.66. The van der Waals surface area contributed by atoms with E-state index in [-0.39, 0.29) is 11.2 Å². The molecule has 0 unspecified atom stereocenters. The van der Waals surface area contributed by atoms with Gasteiger partial charge in [0.2, 0.25) is 0 Å². The third-order valence-corrected chi connectivity index (χ3v) is 3.87. The van der Waals surface area contributed by atoms with E-state index in [0.29, 0.717) is 0 Å². The van der Waals surface area contributed by atoms with Crippen LogP contribution in [-0.4, -0.2) is 64.4 Å². The molecule has 1 fully saturated rings. The highest BCUT2D eigenvalue weighted by Gasteiger charge is 2.45. The van der Waals surface area contributed by atoms with Crippen molar-refractivity contribution in [3.63, 3.8) is 0 Å². The number of phosphoric acid groups is 1. The summed E-state index contributed by atoms with van der Waals surface area (Å²) in [6.07, 6.45) is -2.85. The van der Waals surface area contributed by atoms with Gasteiger partial charge in [-0.25, -0.2) is 14.5 Å². The lowest BCUT2D eigenvalue weighted by Gasteiger charge is -2.16. The normalized spacial score (nSPS) is 28.5. The van der Waals surface area contributed by atoms with Crippen molar-refractivity contribution in [2.24, 2.45) is 0 Å². The minimum Gasteiger partial charge on any atom is -0.387 e. The summed E-state index contributed by atoms with van der Waals surface area (Å²) >= 11 is 0. The van der Waals surface area contributed by atoms with Gasteiger partial charge in [-0.15, -0.1) is 0 Å². The van der Waals surface area contributed by atoms with Crippen molar-refractivity contribution in [1.82, 2.24) is 19.5 Å². The van der Waals surface area contributed by atoms with E-state index in [9.17, 15) is 19.6 Å². The third-order valence-electron chi connectivity index (χ3n) is 3.38. The first kappa shape index (κ1) is 16.2. The van der Waals surface area contributed by atoms with Crippen molar-refractivity contribution in [3.8, 4) is 0 Å². The first-order valence-electron chi connectivity index (χ1n) is 6.40. The molecule has 2 aromatic heterocycles. The summed E-state index contributed by atoms with van der Waals surface area (Å²) in [5.41, 5.74) is -0.336. The minimum atomic E-state index is -4.74. The van der Waals surface area contributed by atoms with Crippen LogP contribution in [0, 0.1) is 0 Å². The van der Waals surface area contributed by atoms with Crippen LogP contribution >= 0.6 is 7.82 Å². The van der Waals surface area contributed by atoms with E-state index in [0.717, 1.165) is 6.33 Å². The Hall–Kier alpha value is -1.66. The van der Waals surface area contributed by atoms with E-state index < -0.39 is 44.5 Å². The molecule has 126 valence electrons. The van der Waals surface area contributed by atoms with Gasteiger partial charge < -0.3 is 29.7 Å². The Balaban J connectivity index is 1.87. The molecule has 1 aliphatic rings. The molecule has 12 nitrogen and oxygen atoms in total. The molecule has 0 aromatic carbocycles. The Morgan fingerprint density at radius 2 is 2.09 bits per heavy atom. The van der Waals surface area contributed by atoms with Gasteiger partial charge >= 0.3 is 7.82 Å². The zero-order valence-electron chi connectivity index (χ0n) is 11.4.